The highest BCUT2D eigenvalue weighted by molar-refractivity contribution is 5.85. The molecule has 1 saturated carbocycles. The lowest BCUT2D eigenvalue weighted by atomic mass is 9.69. The van der Waals surface area contributed by atoms with E-state index in [0.717, 1.165) is 32.4 Å². The van der Waals surface area contributed by atoms with Gasteiger partial charge in [-0.05, 0) is 66.8 Å². The molecule has 3 aliphatic rings. The third-order valence-electron chi connectivity index (χ3n) is 6.61. The van der Waals surface area contributed by atoms with Gasteiger partial charge in [0.2, 0.25) is 0 Å². The molecular formula is C17H28Cl2N6O4. The van der Waals surface area contributed by atoms with Gasteiger partial charge in [-0.15, -0.1) is 29.9 Å². The van der Waals surface area contributed by atoms with E-state index in [-0.39, 0.29) is 30.9 Å². The summed E-state index contributed by atoms with van der Waals surface area (Å²) in [4.78, 5) is 25.1. The number of carboxylic acids is 2. The van der Waals surface area contributed by atoms with Crippen molar-refractivity contribution in [3.63, 3.8) is 0 Å². The van der Waals surface area contributed by atoms with Crippen LogP contribution in [-0.2, 0) is 9.59 Å². The molecule has 4 rings (SSSR count). The third-order valence-corrected chi connectivity index (χ3v) is 6.61. The molecule has 6 unspecified atom stereocenters. The van der Waals surface area contributed by atoms with Crippen LogP contribution in [0.2, 0.25) is 0 Å². The predicted molar refractivity (Wildman–Crippen MR) is 107 cm³/mol. The number of aromatic nitrogens is 4. The van der Waals surface area contributed by atoms with Crippen LogP contribution in [0.15, 0.2) is 6.33 Å². The highest BCUT2D eigenvalue weighted by Gasteiger charge is 2.42. The van der Waals surface area contributed by atoms with Crippen molar-refractivity contribution in [2.24, 2.45) is 17.8 Å². The van der Waals surface area contributed by atoms with Crippen LogP contribution in [0.4, 0.5) is 0 Å². The molecule has 2 saturated heterocycles. The standard InChI is InChI=1S/C17H26N6O4.2ClH/c24-16(25)14-4-12-3-10(1-2-11(12)6-18-14)7-22-8-13(5-15(22)17(26)27)23-9-19-20-21-23;;/h9-15,18H,1-8H2,(H,24,25)(H,26,27);2*1H. The Balaban J connectivity index is 0.00000150. The lowest BCUT2D eigenvalue weighted by molar-refractivity contribution is -0.143. The molecule has 3 fully saturated rings. The minimum Gasteiger partial charge on any atom is -0.480 e. The van der Waals surface area contributed by atoms with Crippen molar-refractivity contribution in [1.29, 1.82) is 0 Å². The lowest BCUT2D eigenvalue weighted by Gasteiger charge is -2.42. The molecule has 1 aliphatic carbocycles. The van der Waals surface area contributed by atoms with E-state index in [4.69, 9.17) is 0 Å². The first-order valence-corrected chi connectivity index (χ1v) is 9.66. The average molecular weight is 451 g/mol. The van der Waals surface area contributed by atoms with Gasteiger partial charge in [0.25, 0.3) is 0 Å². The molecule has 3 heterocycles. The van der Waals surface area contributed by atoms with Crippen LogP contribution < -0.4 is 5.32 Å². The molecule has 0 radical (unpaired) electrons. The van der Waals surface area contributed by atoms with Crippen molar-refractivity contribution in [2.75, 3.05) is 19.6 Å². The minimum absolute atomic E-state index is 0. The first kappa shape index (κ1) is 23.8. The number of nitrogens with zero attached hydrogens (tertiary/aromatic N) is 5. The summed E-state index contributed by atoms with van der Waals surface area (Å²) in [7, 11) is 0. The van der Waals surface area contributed by atoms with Crippen LogP contribution in [0.3, 0.4) is 0 Å². The second kappa shape index (κ2) is 10.0. The number of piperidine rings is 1. The van der Waals surface area contributed by atoms with Crippen molar-refractivity contribution < 1.29 is 19.8 Å². The highest BCUT2D eigenvalue weighted by Crippen LogP contribution is 2.40. The topological polar surface area (TPSA) is 133 Å². The second-order valence-electron chi connectivity index (χ2n) is 8.22. The summed E-state index contributed by atoms with van der Waals surface area (Å²) in [5.41, 5.74) is 0. The fourth-order valence-electron chi connectivity index (χ4n) is 5.21. The fraction of sp³-hybridized carbons (Fsp3) is 0.824. The van der Waals surface area contributed by atoms with Crippen LogP contribution in [0.5, 0.6) is 0 Å². The van der Waals surface area contributed by atoms with Crippen LogP contribution in [0.25, 0.3) is 0 Å². The van der Waals surface area contributed by atoms with E-state index in [0.29, 0.717) is 37.1 Å². The molecule has 6 atom stereocenters. The highest BCUT2D eigenvalue weighted by atomic mass is 35.5. The maximum atomic E-state index is 11.7. The molecule has 12 heteroatoms. The zero-order valence-corrected chi connectivity index (χ0v) is 17.6. The van der Waals surface area contributed by atoms with E-state index < -0.39 is 24.0 Å². The molecule has 1 aromatic heterocycles. The summed E-state index contributed by atoms with van der Waals surface area (Å²) in [5.74, 6) is -0.211. The van der Waals surface area contributed by atoms with Gasteiger partial charge in [0.05, 0.1) is 6.04 Å². The zero-order valence-electron chi connectivity index (χ0n) is 16.0. The van der Waals surface area contributed by atoms with Gasteiger partial charge in [-0.2, -0.15) is 0 Å². The number of carbonyl (C=O) groups is 2. The maximum Gasteiger partial charge on any atom is 0.321 e. The number of fused-ring (bicyclic) bond motifs is 1. The summed E-state index contributed by atoms with van der Waals surface area (Å²) >= 11 is 0. The predicted octanol–water partition coefficient (Wildman–Crippen LogP) is 0.696. The number of tetrazole rings is 1. The van der Waals surface area contributed by atoms with Gasteiger partial charge in [0, 0.05) is 13.1 Å². The van der Waals surface area contributed by atoms with Gasteiger partial charge in [-0.1, -0.05) is 0 Å². The molecule has 0 aromatic carbocycles. The number of hydrogen-bond acceptors (Lipinski definition) is 7. The van der Waals surface area contributed by atoms with Gasteiger partial charge in [-0.25, -0.2) is 4.68 Å². The van der Waals surface area contributed by atoms with Crippen molar-refractivity contribution in [3.8, 4) is 0 Å². The summed E-state index contributed by atoms with van der Waals surface area (Å²) in [5, 5.41) is 33.3. The molecule has 0 bridgehead atoms. The number of likely N-dealkylation sites (tertiary alicyclic amines) is 1. The largest absolute Gasteiger partial charge is 0.480 e. The summed E-state index contributed by atoms with van der Waals surface area (Å²) in [6, 6.07) is -0.989. The Bertz CT molecular complexity index is 693. The fourth-order valence-corrected chi connectivity index (χ4v) is 5.21. The van der Waals surface area contributed by atoms with E-state index in [1.54, 1.807) is 11.0 Å². The van der Waals surface area contributed by atoms with Gasteiger partial charge < -0.3 is 15.5 Å². The molecular weight excluding hydrogens is 423 g/mol. The van der Waals surface area contributed by atoms with E-state index in [2.05, 4.69) is 25.7 Å². The minimum atomic E-state index is -0.799. The van der Waals surface area contributed by atoms with Crippen molar-refractivity contribution in [2.45, 2.75) is 50.2 Å². The lowest BCUT2D eigenvalue weighted by Crippen LogP contribution is -2.50. The number of halogens is 2. The molecule has 2 aliphatic heterocycles. The number of carboxylic acid groups (broad SMARTS) is 2. The quantitative estimate of drug-likeness (QED) is 0.591. The van der Waals surface area contributed by atoms with Crippen LogP contribution in [-0.4, -0.2) is 79.0 Å². The van der Waals surface area contributed by atoms with Crippen LogP contribution in [0, 0.1) is 17.8 Å². The Kier molecular flexibility index (Phi) is 8.21. The Morgan fingerprint density at radius 1 is 1.07 bits per heavy atom. The normalized spacial score (nSPS) is 34.5. The SMILES string of the molecule is Cl.Cl.O=C(O)C1CC2CC(CN3CC(n4cnnn4)CC3C(=O)O)CCC2CN1. The summed E-state index contributed by atoms with van der Waals surface area (Å²) in [6.07, 6.45) is 5.85. The monoisotopic (exact) mass is 450 g/mol. The second-order valence-corrected chi connectivity index (χ2v) is 8.22. The number of hydrogen-bond donors (Lipinski definition) is 3. The molecule has 29 heavy (non-hydrogen) atoms. The molecule has 164 valence electrons. The zero-order chi connectivity index (χ0) is 19.0. The first-order chi connectivity index (χ1) is 13.0. The van der Waals surface area contributed by atoms with E-state index in [1.807, 2.05) is 0 Å². The number of nitrogens with one attached hydrogen (secondary N) is 1. The van der Waals surface area contributed by atoms with Crippen molar-refractivity contribution >= 4 is 36.8 Å². The molecule has 0 spiro atoms. The summed E-state index contributed by atoms with van der Waals surface area (Å²) < 4.78 is 1.65. The van der Waals surface area contributed by atoms with Gasteiger partial charge in [0.1, 0.15) is 18.4 Å². The third kappa shape index (κ3) is 5.17. The number of aliphatic carboxylic acids is 2. The summed E-state index contributed by atoms with van der Waals surface area (Å²) in [6.45, 7) is 2.15. The van der Waals surface area contributed by atoms with Gasteiger partial charge >= 0.3 is 11.9 Å². The van der Waals surface area contributed by atoms with E-state index >= 15 is 0 Å². The average Bonchev–Trinajstić information content (AvgIpc) is 3.30. The van der Waals surface area contributed by atoms with Crippen LogP contribution >= 0.6 is 24.8 Å². The smallest absolute Gasteiger partial charge is 0.321 e. The number of rotatable bonds is 5. The van der Waals surface area contributed by atoms with Crippen molar-refractivity contribution in [3.05, 3.63) is 6.33 Å². The Labute approximate surface area is 181 Å². The Hall–Kier alpha value is -1.49. The molecule has 10 nitrogen and oxygen atoms in total. The molecule has 3 N–H and O–H groups in total. The van der Waals surface area contributed by atoms with Crippen LogP contribution in [0.1, 0.15) is 38.1 Å². The van der Waals surface area contributed by atoms with Gasteiger partial charge in [-0.3, -0.25) is 14.5 Å². The Morgan fingerprint density at radius 2 is 1.86 bits per heavy atom. The van der Waals surface area contributed by atoms with E-state index in [1.165, 1.54) is 0 Å². The van der Waals surface area contributed by atoms with Crippen molar-refractivity contribution in [1.82, 2.24) is 30.4 Å². The van der Waals surface area contributed by atoms with E-state index in [9.17, 15) is 19.8 Å². The molecule has 1 aromatic rings. The first-order valence-electron chi connectivity index (χ1n) is 9.66. The maximum absolute atomic E-state index is 11.7. The van der Waals surface area contributed by atoms with Gasteiger partial charge in [0.15, 0.2) is 0 Å². The Morgan fingerprint density at radius 3 is 2.52 bits per heavy atom. The molecule has 0 amide bonds.